The maximum absolute atomic E-state index is 6.13. The van der Waals surface area contributed by atoms with Crippen molar-refractivity contribution in [1.82, 2.24) is 4.90 Å². The van der Waals surface area contributed by atoms with Crippen LogP contribution in [0.25, 0.3) is 0 Å². The summed E-state index contributed by atoms with van der Waals surface area (Å²) in [6.07, 6.45) is 0. The lowest BCUT2D eigenvalue weighted by Crippen LogP contribution is -2.26. The summed E-state index contributed by atoms with van der Waals surface area (Å²) in [4.78, 5) is 2.15. The fourth-order valence-corrected chi connectivity index (χ4v) is 2.00. The minimum Gasteiger partial charge on any atom is -0.301 e. The highest BCUT2D eigenvalue weighted by molar-refractivity contribution is 6.20. The summed E-state index contributed by atoms with van der Waals surface area (Å²) >= 11 is 6.13. The normalized spacial score (nSPS) is 15.8. The molecular formula is C11H16ClN. The van der Waals surface area contributed by atoms with Crippen molar-refractivity contribution in [2.24, 2.45) is 0 Å². The molecule has 1 aromatic carbocycles. The molecule has 0 heterocycles. The molecule has 0 aliphatic rings. The molecule has 1 rings (SSSR count). The molecule has 0 spiro atoms. The molecule has 1 nitrogen and oxygen atoms in total. The van der Waals surface area contributed by atoms with Crippen molar-refractivity contribution < 1.29 is 0 Å². The Bertz CT molecular complexity index is 236. The summed E-state index contributed by atoms with van der Waals surface area (Å²) in [5.41, 5.74) is 1.27. The second kappa shape index (κ2) is 4.64. The quantitative estimate of drug-likeness (QED) is 0.674. The largest absolute Gasteiger partial charge is 0.301 e. The predicted octanol–water partition coefficient (Wildman–Crippen LogP) is 2.92. The predicted molar refractivity (Wildman–Crippen MR) is 58.2 cm³/mol. The molecule has 2 atom stereocenters. The van der Waals surface area contributed by atoms with Gasteiger partial charge in [-0.25, -0.2) is 0 Å². The Morgan fingerprint density at radius 3 is 2.08 bits per heavy atom. The molecule has 0 aliphatic carbocycles. The van der Waals surface area contributed by atoms with Crippen LogP contribution in [-0.2, 0) is 0 Å². The van der Waals surface area contributed by atoms with Crippen LogP contribution in [0.15, 0.2) is 30.3 Å². The molecule has 0 aromatic heterocycles. The second-order valence-corrected chi connectivity index (χ2v) is 4.19. The van der Waals surface area contributed by atoms with Crippen LogP contribution >= 0.6 is 11.6 Å². The SMILES string of the molecule is CC(Cl)C(c1ccccc1)N(C)C. The van der Waals surface area contributed by atoms with Gasteiger partial charge >= 0.3 is 0 Å². The van der Waals surface area contributed by atoms with E-state index in [1.807, 2.05) is 25.1 Å². The van der Waals surface area contributed by atoms with Gasteiger partial charge in [-0.2, -0.15) is 0 Å². The molecule has 13 heavy (non-hydrogen) atoms. The fraction of sp³-hybridized carbons (Fsp3) is 0.455. The van der Waals surface area contributed by atoms with Gasteiger partial charge < -0.3 is 4.90 Å². The zero-order valence-electron chi connectivity index (χ0n) is 8.37. The van der Waals surface area contributed by atoms with Crippen molar-refractivity contribution in [3.8, 4) is 0 Å². The number of alkyl halides is 1. The number of nitrogens with zero attached hydrogens (tertiary/aromatic N) is 1. The van der Waals surface area contributed by atoms with Crippen molar-refractivity contribution in [2.45, 2.75) is 18.3 Å². The number of halogens is 1. The number of hydrogen-bond acceptors (Lipinski definition) is 1. The van der Waals surface area contributed by atoms with Gasteiger partial charge in [0.15, 0.2) is 0 Å². The monoisotopic (exact) mass is 197 g/mol. The van der Waals surface area contributed by atoms with E-state index in [1.165, 1.54) is 5.56 Å². The summed E-state index contributed by atoms with van der Waals surface area (Å²) in [6, 6.07) is 10.6. The van der Waals surface area contributed by atoms with Crippen molar-refractivity contribution >= 4 is 11.6 Å². The highest BCUT2D eigenvalue weighted by atomic mass is 35.5. The highest BCUT2D eigenvalue weighted by Gasteiger charge is 2.18. The standard InChI is InChI=1S/C11H16ClN/c1-9(12)11(13(2)3)10-7-5-4-6-8-10/h4-9,11H,1-3H3. The first-order chi connectivity index (χ1) is 6.13. The molecule has 2 heteroatoms. The van der Waals surface area contributed by atoms with Gasteiger partial charge in [0.2, 0.25) is 0 Å². The van der Waals surface area contributed by atoms with Gasteiger partial charge in [-0.15, -0.1) is 11.6 Å². The van der Waals surface area contributed by atoms with E-state index in [0.717, 1.165) is 0 Å². The van der Waals surface area contributed by atoms with E-state index in [1.54, 1.807) is 0 Å². The zero-order valence-corrected chi connectivity index (χ0v) is 9.12. The first-order valence-corrected chi connectivity index (χ1v) is 4.92. The second-order valence-electron chi connectivity index (χ2n) is 3.50. The van der Waals surface area contributed by atoms with E-state index in [-0.39, 0.29) is 5.38 Å². The Labute approximate surface area is 85.3 Å². The summed E-state index contributed by atoms with van der Waals surface area (Å²) in [6.45, 7) is 2.03. The third kappa shape index (κ3) is 2.71. The average molecular weight is 198 g/mol. The zero-order chi connectivity index (χ0) is 9.84. The van der Waals surface area contributed by atoms with E-state index in [4.69, 9.17) is 11.6 Å². The lowest BCUT2D eigenvalue weighted by Gasteiger charge is -2.26. The van der Waals surface area contributed by atoms with Crippen LogP contribution in [0.2, 0.25) is 0 Å². The number of rotatable bonds is 3. The van der Waals surface area contributed by atoms with Gasteiger partial charge in [0.25, 0.3) is 0 Å². The summed E-state index contributed by atoms with van der Waals surface area (Å²) < 4.78 is 0. The van der Waals surface area contributed by atoms with Crippen molar-refractivity contribution in [2.75, 3.05) is 14.1 Å². The Hall–Kier alpha value is -0.530. The molecule has 0 aliphatic heterocycles. The summed E-state index contributed by atoms with van der Waals surface area (Å²) in [5, 5.41) is 0.123. The topological polar surface area (TPSA) is 3.24 Å². The molecule has 0 radical (unpaired) electrons. The van der Waals surface area contributed by atoms with Gasteiger partial charge in [0.05, 0.1) is 11.4 Å². The van der Waals surface area contributed by atoms with Gasteiger partial charge in [0.1, 0.15) is 0 Å². The molecule has 1 aromatic rings. The molecule has 0 bridgehead atoms. The smallest absolute Gasteiger partial charge is 0.0504 e. The first-order valence-electron chi connectivity index (χ1n) is 4.48. The summed E-state index contributed by atoms with van der Waals surface area (Å²) in [7, 11) is 4.10. The molecule has 0 N–H and O–H groups in total. The van der Waals surface area contributed by atoms with Crippen LogP contribution in [0, 0.1) is 0 Å². The number of hydrogen-bond donors (Lipinski definition) is 0. The minimum absolute atomic E-state index is 0.123. The molecule has 0 saturated heterocycles. The van der Waals surface area contributed by atoms with Crippen molar-refractivity contribution in [3.63, 3.8) is 0 Å². The molecule has 0 saturated carbocycles. The van der Waals surface area contributed by atoms with Gasteiger partial charge in [-0.05, 0) is 26.6 Å². The van der Waals surface area contributed by atoms with Crippen LogP contribution in [-0.4, -0.2) is 24.4 Å². The molecule has 0 amide bonds. The molecule has 72 valence electrons. The van der Waals surface area contributed by atoms with Gasteiger partial charge in [0, 0.05) is 0 Å². The van der Waals surface area contributed by atoms with E-state index in [9.17, 15) is 0 Å². The highest BCUT2D eigenvalue weighted by Crippen LogP contribution is 2.24. The van der Waals surface area contributed by atoms with Crippen LogP contribution in [0.3, 0.4) is 0 Å². The van der Waals surface area contributed by atoms with Gasteiger partial charge in [-0.1, -0.05) is 30.3 Å². The van der Waals surface area contributed by atoms with E-state index in [0.29, 0.717) is 6.04 Å². The summed E-state index contributed by atoms with van der Waals surface area (Å²) in [5.74, 6) is 0. The Morgan fingerprint density at radius 1 is 1.15 bits per heavy atom. The minimum atomic E-state index is 0.123. The van der Waals surface area contributed by atoms with Crippen LogP contribution in [0.1, 0.15) is 18.5 Å². The Kier molecular flexibility index (Phi) is 3.76. The maximum Gasteiger partial charge on any atom is 0.0504 e. The lowest BCUT2D eigenvalue weighted by atomic mass is 10.0. The first kappa shape index (κ1) is 10.6. The Morgan fingerprint density at radius 2 is 1.69 bits per heavy atom. The van der Waals surface area contributed by atoms with E-state index >= 15 is 0 Å². The number of benzene rings is 1. The van der Waals surface area contributed by atoms with Crippen LogP contribution in [0.4, 0.5) is 0 Å². The van der Waals surface area contributed by atoms with Crippen LogP contribution < -0.4 is 0 Å². The third-order valence-corrected chi connectivity index (χ3v) is 2.37. The van der Waals surface area contributed by atoms with Gasteiger partial charge in [-0.3, -0.25) is 0 Å². The van der Waals surface area contributed by atoms with Crippen molar-refractivity contribution in [1.29, 1.82) is 0 Å². The van der Waals surface area contributed by atoms with Crippen LogP contribution in [0.5, 0.6) is 0 Å². The third-order valence-electron chi connectivity index (χ3n) is 2.13. The van der Waals surface area contributed by atoms with E-state index < -0.39 is 0 Å². The molecular weight excluding hydrogens is 182 g/mol. The molecule has 2 unspecified atom stereocenters. The average Bonchev–Trinajstić information content (AvgIpc) is 2.04. The fourth-order valence-electron chi connectivity index (χ4n) is 1.62. The molecule has 0 fully saturated rings. The van der Waals surface area contributed by atoms with Crippen molar-refractivity contribution in [3.05, 3.63) is 35.9 Å². The Balaban J connectivity index is 2.89. The van der Waals surface area contributed by atoms with E-state index in [2.05, 4.69) is 31.1 Å². The maximum atomic E-state index is 6.13. The lowest BCUT2D eigenvalue weighted by molar-refractivity contribution is 0.296.